The van der Waals surface area contributed by atoms with E-state index in [2.05, 4.69) is 5.32 Å². The van der Waals surface area contributed by atoms with Crippen LogP contribution in [0, 0.1) is 0 Å². The third-order valence-corrected chi connectivity index (χ3v) is 6.59. The van der Waals surface area contributed by atoms with E-state index in [1.165, 1.54) is 4.90 Å². The molecular formula is C13H19N3O3S2. The molecule has 3 N–H and O–H groups in total. The average Bonchev–Trinajstić information content (AvgIpc) is 2.47. The highest BCUT2D eigenvalue weighted by Crippen LogP contribution is 2.22. The summed E-state index contributed by atoms with van der Waals surface area (Å²) >= 11 is 1.55. The van der Waals surface area contributed by atoms with Gasteiger partial charge in [0, 0.05) is 35.2 Å². The summed E-state index contributed by atoms with van der Waals surface area (Å²) in [5.74, 6) is 1.18. The molecule has 1 aromatic rings. The van der Waals surface area contributed by atoms with E-state index in [4.69, 9.17) is 5.73 Å². The van der Waals surface area contributed by atoms with Gasteiger partial charge in [-0.2, -0.15) is 11.8 Å². The zero-order valence-electron chi connectivity index (χ0n) is 11.8. The van der Waals surface area contributed by atoms with Gasteiger partial charge in [0.2, 0.25) is 0 Å². The van der Waals surface area contributed by atoms with Crippen LogP contribution >= 0.6 is 11.8 Å². The van der Waals surface area contributed by atoms with E-state index in [9.17, 15) is 13.2 Å². The zero-order chi connectivity index (χ0) is 15.5. The molecule has 1 atom stereocenters. The number of carbonyl (C=O) groups is 1. The summed E-state index contributed by atoms with van der Waals surface area (Å²) in [5.41, 5.74) is 6.77. The molecule has 8 heteroatoms. The second-order valence-corrected chi connectivity index (χ2v) is 8.33. The van der Waals surface area contributed by atoms with Crippen LogP contribution < -0.4 is 11.1 Å². The summed E-state index contributed by atoms with van der Waals surface area (Å²) in [6, 6.07) is 6.41. The minimum absolute atomic E-state index is 0.0281. The first-order valence-electron chi connectivity index (χ1n) is 6.66. The monoisotopic (exact) mass is 329 g/mol. The van der Waals surface area contributed by atoms with E-state index in [0.29, 0.717) is 23.7 Å². The van der Waals surface area contributed by atoms with Crippen molar-refractivity contribution in [2.24, 2.45) is 0 Å². The molecular weight excluding hydrogens is 310 g/mol. The van der Waals surface area contributed by atoms with Crippen molar-refractivity contribution in [3.63, 3.8) is 0 Å². The molecule has 0 aliphatic carbocycles. The van der Waals surface area contributed by atoms with Crippen molar-refractivity contribution in [3.8, 4) is 0 Å². The fraction of sp³-hybridized carbons (Fsp3) is 0.462. The molecule has 1 aliphatic heterocycles. The van der Waals surface area contributed by atoms with Crippen LogP contribution in [0.3, 0.4) is 0 Å². The lowest BCUT2D eigenvalue weighted by Gasteiger charge is -2.34. The second kappa shape index (κ2) is 6.57. The maximum atomic E-state index is 12.4. The molecule has 0 saturated carbocycles. The van der Waals surface area contributed by atoms with Crippen molar-refractivity contribution in [3.05, 3.63) is 24.3 Å². The zero-order valence-corrected chi connectivity index (χ0v) is 13.4. The molecule has 1 aromatic carbocycles. The Morgan fingerprint density at radius 3 is 2.95 bits per heavy atom. The number of hydrogen-bond donors (Lipinski definition) is 2. The molecule has 21 heavy (non-hydrogen) atoms. The number of hydrogen-bond acceptors (Lipinski definition) is 5. The maximum Gasteiger partial charge on any atom is 0.322 e. The normalized spacial score (nSPS) is 19.3. The van der Waals surface area contributed by atoms with Crippen LogP contribution in [0.25, 0.3) is 0 Å². The molecule has 0 spiro atoms. The van der Waals surface area contributed by atoms with E-state index >= 15 is 0 Å². The lowest BCUT2D eigenvalue weighted by molar-refractivity contribution is 0.210. The fourth-order valence-corrected chi connectivity index (χ4v) is 5.08. The largest absolute Gasteiger partial charge is 0.399 e. The molecule has 0 radical (unpaired) electrons. The van der Waals surface area contributed by atoms with Gasteiger partial charge < -0.3 is 16.0 Å². The topological polar surface area (TPSA) is 92.5 Å². The highest BCUT2D eigenvalue weighted by Gasteiger charge is 2.35. The van der Waals surface area contributed by atoms with Gasteiger partial charge in [0.15, 0.2) is 9.84 Å². The third kappa shape index (κ3) is 3.82. The summed E-state index contributed by atoms with van der Waals surface area (Å²) in [5, 5.41) is 1.95. The minimum Gasteiger partial charge on any atom is -0.399 e. The van der Waals surface area contributed by atoms with Crippen molar-refractivity contribution in [1.82, 2.24) is 4.90 Å². The standard InChI is InChI=1S/C13H19N3O3S2/c1-2-21(18,19)12-9-20-7-6-16(12)13(17)15-11-5-3-4-10(14)8-11/h3-5,8,12H,2,6-7,9,14H2,1H3,(H,15,17). The van der Waals surface area contributed by atoms with Crippen LogP contribution in [-0.2, 0) is 9.84 Å². The molecule has 0 bridgehead atoms. The number of amides is 2. The third-order valence-electron chi connectivity index (χ3n) is 3.30. The van der Waals surface area contributed by atoms with Gasteiger partial charge in [-0.25, -0.2) is 13.2 Å². The molecule has 1 fully saturated rings. The van der Waals surface area contributed by atoms with Gasteiger partial charge in [-0.05, 0) is 18.2 Å². The molecule has 2 amide bonds. The maximum absolute atomic E-state index is 12.4. The second-order valence-electron chi connectivity index (χ2n) is 4.73. The Hall–Kier alpha value is -1.41. The number of nitrogen functional groups attached to an aromatic ring is 1. The summed E-state index contributed by atoms with van der Waals surface area (Å²) in [6.07, 6.45) is 0. The number of nitrogens with zero attached hydrogens (tertiary/aromatic N) is 1. The van der Waals surface area contributed by atoms with Gasteiger partial charge in [0.05, 0.1) is 0 Å². The van der Waals surface area contributed by atoms with E-state index in [1.54, 1.807) is 43.0 Å². The first-order valence-corrected chi connectivity index (χ1v) is 9.53. The predicted molar refractivity (Wildman–Crippen MR) is 87.2 cm³/mol. The van der Waals surface area contributed by atoms with E-state index in [-0.39, 0.29) is 5.75 Å². The van der Waals surface area contributed by atoms with Crippen LogP contribution in [-0.4, -0.2) is 48.5 Å². The van der Waals surface area contributed by atoms with Crippen LogP contribution in [0.5, 0.6) is 0 Å². The lowest BCUT2D eigenvalue weighted by atomic mass is 10.3. The number of benzene rings is 1. The summed E-state index contributed by atoms with van der Waals surface area (Å²) in [4.78, 5) is 13.8. The summed E-state index contributed by atoms with van der Waals surface area (Å²) in [7, 11) is -3.30. The van der Waals surface area contributed by atoms with E-state index in [1.807, 2.05) is 0 Å². The number of nitrogens with one attached hydrogen (secondary N) is 1. The molecule has 1 aliphatic rings. The average molecular weight is 329 g/mol. The van der Waals surface area contributed by atoms with Gasteiger partial charge in [-0.1, -0.05) is 13.0 Å². The highest BCUT2D eigenvalue weighted by molar-refractivity contribution is 8.01. The Balaban J connectivity index is 2.16. The number of nitrogens with two attached hydrogens (primary N) is 1. The first-order chi connectivity index (χ1) is 9.94. The predicted octanol–water partition coefficient (Wildman–Crippen LogP) is 1.61. The van der Waals surface area contributed by atoms with Crippen LogP contribution in [0.2, 0.25) is 0 Å². The number of sulfone groups is 1. The fourth-order valence-electron chi connectivity index (χ4n) is 2.11. The molecule has 1 heterocycles. The number of carbonyl (C=O) groups excluding carboxylic acids is 1. The molecule has 1 saturated heterocycles. The lowest BCUT2D eigenvalue weighted by Crippen LogP contribution is -2.52. The molecule has 6 nitrogen and oxygen atoms in total. The van der Waals surface area contributed by atoms with Crippen molar-refractivity contribution >= 4 is 39.0 Å². The van der Waals surface area contributed by atoms with Crippen LogP contribution in [0.4, 0.5) is 16.2 Å². The number of anilines is 2. The molecule has 0 aromatic heterocycles. The van der Waals surface area contributed by atoms with Crippen molar-refractivity contribution in [2.75, 3.05) is 34.9 Å². The van der Waals surface area contributed by atoms with Gasteiger partial charge >= 0.3 is 6.03 Å². The Labute approximate surface area is 129 Å². The van der Waals surface area contributed by atoms with Gasteiger partial charge in [-0.3, -0.25) is 0 Å². The Morgan fingerprint density at radius 2 is 2.29 bits per heavy atom. The van der Waals surface area contributed by atoms with Gasteiger partial charge in [0.25, 0.3) is 0 Å². The van der Waals surface area contributed by atoms with E-state index in [0.717, 1.165) is 5.75 Å². The Kier molecular flexibility index (Phi) is 5.00. The first kappa shape index (κ1) is 16.0. The SMILES string of the molecule is CCS(=O)(=O)C1CSCCN1C(=O)Nc1cccc(N)c1. The molecule has 1 unspecified atom stereocenters. The van der Waals surface area contributed by atoms with Crippen LogP contribution in [0.1, 0.15) is 6.92 Å². The van der Waals surface area contributed by atoms with Crippen molar-refractivity contribution < 1.29 is 13.2 Å². The van der Waals surface area contributed by atoms with Crippen molar-refractivity contribution in [1.29, 1.82) is 0 Å². The smallest absolute Gasteiger partial charge is 0.322 e. The minimum atomic E-state index is -3.30. The van der Waals surface area contributed by atoms with Crippen LogP contribution in [0.15, 0.2) is 24.3 Å². The Bertz CT molecular complexity index is 619. The van der Waals surface area contributed by atoms with Crippen molar-refractivity contribution in [2.45, 2.75) is 12.3 Å². The van der Waals surface area contributed by atoms with Gasteiger partial charge in [0.1, 0.15) is 5.37 Å². The number of urea groups is 1. The number of thioether (sulfide) groups is 1. The molecule has 2 rings (SSSR count). The Morgan fingerprint density at radius 1 is 1.52 bits per heavy atom. The summed E-state index contributed by atoms with van der Waals surface area (Å²) in [6.45, 7) is 2.02. The highest BCUT2D eigenvalue weighted by atomic mass is 32.2. The van der Waals surface area contributed by atoms with Gasteiger partial charge in [-0.15, -0.1) is 0 Å². The molecule has 116 valence electrons. The quantitative estimate of drug-likeness (QED) is 0.822. The van der Waals surface area contributed by atoms with E-state index < -0.39 is 21.2 Å². The number of rotatable bonds is 3. The summed E-state index contributed by atoms with van der Waals surface area (Å²) < 4.78 is 24.2.